The minimum Gasteiger partial charge on any atom is -0.494 e. The molecule has 1 aliphatic rings. The SMILES string of the molecule is CCOc1ccc(S(=O)(=O)Nc2cc(C(=O)N(C)C)ccc2N2CCNCC2)cc1. The Morgan fingerprint density at radius 1 is 1.13 bits per heavy atom. The fourth-order valence-electron chi connectivity index (χ4n) is 3.28. The van der Waals surface area contributed by atoms with Crippen molar-refractivity contribution in [1.82, 2.24) is 10.2 Å². The third-order valence-corrected chi connectivity index (χ3v) is 6.18. The van der Waals surface area contributed by atoms with E-state index in [-0.39, 0.29) is 10.8 Å². The number of sulfonamides is 1. The van der Waals surface area contributed by atoms with Gasteiger partial charge in [0.25, 0.3) is 15.9 Å². The van der Waals surface area contributed by atoms with Crippen molar-refractivity contribution >= 4 is 27.3 Å². The molecule has 0 saturated carbocycles. The molecule has 1 aliphatic heterocycles. The summed E-state index contributed by atoms with van der Waals surface area (Å²) in [5, 5.41) is 3.29. The topological polar surface area (TPSA) is 91.0 Å². The van der Waals surface area contributed by atoms with Gasteiger partial charge in [-0.25, -0.2) is 8.42 Å². The number of carbonyl (C=O) groups is 1. The smallest absolute Gasteiger partial charge is 0.261 e. The van der Waals surface area contributed by atoms with E-state index >= 15 is 0 Å². The van der Waals surface area contributed by atoms with Crippen molar-refractivity contribution in [3.8, 4) is 5.75 Å². The molecule has 2 aromatic rings. The number of piperazine rings is 1. The molecule has 0 aliphatic carbocycles. The molecule has 1 fully saturated rings. The predicted molar refractivity (Wildman–Crippen MR) is 118 cm³/mol. The second kappa shape index (κ2) is 9.36. The summed E-state index contributed by atoms with van der Waals surface area (Å²) in [6, 6.07) is 11.4. The summed E-state index contributed by atoms with van der Waals surface area (Å²) in [5.41, 5.74) is 1.56. The third kappa shape index (κ3) is 5.03. The number of hydrogen-bond acceptors (Lipinski definition) is 6. The predicted octanol–water partition coefficient (Wildman–Crippen LogP) is 2.00. The van der Waals surface area contributed by atoms with Crippen molar-refractivity contribution in [1.29, 1.82) is 0 Å². The molecular weight excluding hydrogens is 404 g/mol. The van der Waals surface area contributed by atoms with E-state index in [0.29, 0.717) is 23.6 Å². The zero-order valence-corrected chi connectivity index (χ0v) is 18.3. The van der Waals surface area contributed by atoms with Crippen LogP contribution in [-0.2, 0) is 10.0 Å². The maximum absolute atomic E-state index is 13.0. The number of benzene rings is 2. The maximum Gasteiger partial charge on any atom is 0.261 e. The first-order chi connectivity index (χ1) is 14.3. The number of hydrogen-bond donors (Lipinski definition) is 2. The first-order valence-electron chi connectivity index (χ1n) is 9.89. The van der Waals surface area contributed by atoms with Gasteiger partial charge in [0.1, 0.15) is 5.75 Å². The number of carbonyl (C=O) groups excluding carboxylic acids is 1. The third-order valence-electron chi connectivity index (χ3n) is 4.80. The molecule has 1 heterocycles. The van der Waals surface area contributed by atoms with Crippen LogP contribution in [0.2, 0.25) is 0 Å². The van der Waals surface area contributed by atoms with E-state index in [1.807, 2.05) is 6.92 Å². The van der Waals surface area contributed by atoms with Crippen LogP contribution < -0.4 is 19.7 Å². The Labute approximate surface area is 177 Å². The standard InChI is InChI=1S/C21H28N4O4S/c1-4-29-17-6-8-18(9-7-17)30(27,28)23-19-15-16(21(26)24(2)3)5-10-20(19)25-13-11-22-12-14-25/h5-10,15,22-23H,4,11-14H2,1-3H3. The van der Waals surface area contributed by atoms with Crippen LogP contribution in [0.15, 0.2) is 47.4 Å². The van der Waals surface area contributed by atoms with Crippen LogP contribution in [0.3, 0.4) is 0 Å². The number of nitrogens with one attached hydrogen (secondary N) is 2. The van der Waals surface area contributed by atoms with Crippen LogP contribution in [0.1, 0.15) is 17.3 Å². The summed E-state index contributed by atoms with van der Waals surface area (Å²) in [4.78, 5) is 16.1. The summed E-state index contributed by atoms with van der Waals surface area (Å²) >= 11 is 0. The molecule has 3 rings (SSSR count). The van der Waals surface area contributed by atoms with Crippen LogP contribution in [0.25, 0.3) is 0 Å². The van der Waals surface area contributed by atoms with Gasteiger partial charge in [-0.3, -0.25) is 9.52 Å². The molecule has 0 spiro atoms. The van der Waals surface area contributed by atoms with Gasteiger partial charge in [-0.2, -0.15) is 0 Å². The van der Waals surface area contributed by atoms with Gasteiger partial charge in [0.05, 0.1) is 22.9 Å². The molecule has 8 nitrogen and oxygen atoms in total. The molecule has 2 N–H and O–H groups in total. The van der Waals surface area contributed by atoms with Gasteiger partial charge in [0.15, 0.2) is 0 Å². The lowest BCUT2D eigenvalue weighted by Crippen LogP contribution is -2.43. The van der Waals surface area contributed by atoms with E-state index in [2.05, 4.69) is 14.9 Å². The average Bonchev–Trinajstić information content (AvgIpc) is 2.74. The van der Waals surface area contributed by atoms with Crippen LogP contribution in [0.4, 0.5) is 11.4 Å². The lowest BCUT2D eigenvalue weighted by molar-refractivity contribution is 0.0827. The van der Waals surface area contributed by atoms with Gasteiger partial charge in [0, 0.05) is 45.8 Å². The molecule has 2 aromatic carbocycles. The summed E-state index contributed by atoms with van der Waals surface area (Å²) < 4.78 is 34.2. The van der Waals surface area contributed by atoms with Gasteiger partial charge in [-0.15, -0.1) is 0 Å². The van der Waals surface area contributed by atoms with Crippen molar-refractivity contribution in [3.05, 3.63) is 48.0 Å². The highest BCUT2D eigenvalue weighted by Gasteiger charge is 2.22. The first kappa shape index (κ1) is 21.9. The van der Waals surface area contributed by atoms with E-state index in [0.717, 1.165) is 31.9 Å². The Kier molecular flexibility index (Phi) is 6.84. The molecule has 1 amide bonds. The van der Waals surface area contributed by atoms with Crippen LogP contribution in [0, 0.1) is 0 Å². The number of rotatable bonds is 7. The highest BCUT2D eigenvalue weighted by molar-refractivity contribution is 7.92. The van der Waals surface area contributed by atoms with E-state index < -0.39 is 10.0 Å². The quantitative estimate of drug-likeness (QED) is 0.696. The van der Waals surface area contributed by atoms with E-state index in [1.165, 1.54) is 17.0 Å². The largest absolute Gasteiger partial charge is 0.494 e. The van der Waals surface area contributed by atoms with Gasteiger partial charge in [-0.05, 0) is 49.4 Å². The molecule has 30 heavy (non-hydrogen) atoms. The Morgan fingerprint density at radius 3 is 2.40 bits per heavy atom. The molecule has 0 aromatic heterocycles. The summed E-state index contributed by atoms with van der Waals surface area (Å²) in [5.74, 6) is 0.417. The van der Waals surface area contributed by atoms with Crippen molar-refractivity contribution in [2.24, 2.45) is 0 Å². The molecule has 0 atom stereocenters. The van der Waals surface area contributed by atoms with Crippen molar-refractivity contribution in [2.45, 2.75) is 11.8 Å². The lowest BCUT2D eigenvalue weighted by Gasteiger charge is -2.31. The highest BCUT2D eigenvalue weighted by atomic mass is 32.2. The zero-order valence-electron chi connectivity index (χ0n) is 17.5. The summed E-state index contributed by atoms with van der Waals surface area (Å²) in [6.07, 6.45) is 0. The molecule has 0 bridgehead atoms. The van der Waals surface area contributed by atoms with Crippen molar-refractivity contribution in [3.63, 3.8) is 0 Å². The van der Waals surface area contributed by atoms with Crippen LogP contribution >= 0.6 is 0 Å². The molecule has 0 radical (unpaired) electrons. The molecule has 162 valence electrons. The number of ether oxygens (including phenoxy) is 1. The maximum atomic E-state index is 13.0. The normalized spacial score (nSPS) is 14.3. The molecule has 1 saturated heterocycles. The zero-order chi connectivity index (χ0) is 21.7. The van der Waals surface area contributed by atoms with E-state index in [9.17, 15) is 13.2 Å². The Bertz CT molecular complexity index is 985. The molecule has 0 unspecified atom stereocenters. The van der Waals surface area contributed by atoms with Crippen LogP contribution in [0.5, 0.6) is 5.75 Å². The van der Waals surface area contributed by atoms with Crippen LogP contribution in [-0.4, -0.2) is 66.1 Å². The monoisotopic (exact) mass is 432 g/mol. The minimum atomic E-state index is -3.84. The Balaban J connectivity index is 1.96. The second-order valence-electron chi connectivity index (χ2n) is 7.18. The first-order valence-corrected chi connectivity index (χ1v) is 11.4. The second-order valence-corrected chi connectivity index (χ2v) is 8.86. The molecular formula is C21H28N4O4S. The average molecular weight is 433 g/mol. The fourth-order valence-corrected chi connectivity index (χ4v) is 4.34. The summed E-state index contributed by atoms with van der Waals surface area (Å²) in [6.45, 7) is 5.49. The van der Waals surface area contributed by atoms with E-state index in [4.69, 9.17) is 4.74 Å². The lowest BCUT2D eigenvalue weighted by atomic mass is 10.1. The minimum absolute atomic E-state index is 0.126. The number of amides is 1. The van der Waals surface area contributed by atoms with Gasteiger partial charge in [0.2, 0.25) is 0 Å². The number of nitrogens with zero attached hydrogens (tertiary/aromatic N) is 2. The van der Waals surface area contributed by atoms with E-state index in [1.54, 1.807) is 44.4 Å². The highest BCUT2D eigenvalue weighted by Crippen LogP contribution is 2.30. The van der Waals surface area contributed by atoms with Crippen molar-refractivity contribution < 1.29 is 17.9 Å². The summed E-state index contributed by atoms with van der Waals surface area (Å²) in [7, 11) is -0.516. The number of anilines is 2. The van der Waals surface area contributed by atoms with Crippen molar-refractivity contribution in [2.75, 3.05) is 56.5 Å². The van der Waals surface area contributed by atoms with Gasteiger partial charge < -0.3 is 19.9 Å². The Morgan fingerprint density at radius 2 is 1.80 bits per heavy atom. The Hall–Kier alpha value is -2.78. The fraction of sp³-hybridized carbons (Fsp3) is 0.381. The van der Waals surface area contributed by atoms with Gasteiger partial charge >= 0.3 is 0 Å². The molecule has 9 heteroatoms. The van der Waals surface area contributed by atoms with Gasteiger partial charge in [-0.1, -0.05) is 0 Å².